The summed E-state index contributed by atoms with van der Waals surface area (Å²) in [7, 11) is 0. The molecule has 4 rings (SSSR count). The molecule has 0 N–H and O–H groups in total. The molecule has 3 aromatic rings. The highest BCUT2D eigenvalue weighted by atomic mass is 16.6. The number of hydrogen-bond acceptors (Lipinski definition) is 4. The van der Waals surface area contributed by atoms with Gasteiger partial charge in [0, 0.05) is 11.6 Å². The fourth-order valence-corrected chi connectivity index (χ4v) is 3.38. The number of anilines is 1. The number of para-hydroxylation sites is 2. The molecule has 6 heteroatoms. The van der Waals surface area contributed by atoms with Crippen LogP contribution in [0.2, 0.25) is 0 Å². The van der Waals surface area contributed by atoms with Gasteiger partial charge in [0.25, 0.3) is 11.6 Å². The number of hydrazone groups is 1. The van der Waals surface area contributed by atoms with Gasteiger partial charge in [-0.05, 0) is 24.1 Å². The summed E-state index contributed by atoms with van der Waals surface area (Å²) in [5.74, 6) is -0.785. The van der Waals surface area contributed by atoms with E-state index < -0.39 is 10.8 Å². The van der Waals surface area contributed by atoms with E-state index in [2.05, 4.69) is 5.10 Å². The van der Waals surface area contributed by atoms with Crippen LogP contribution in [0.15, 0.2) is 90.0 Å². The molecule has 1 aliphatic heterocycles. The Hall–Kier alpha value is -3.80. The number of nitro benzene ring substituents is 1. The van der Waals surface area contributed by atoms with Crippen LogP contribution >= 0.6 is 0 Å². The standard InChI is InChI=1S/C22H17N3O3/c26-22-19(15-17-11-7-8-14-20(17)25(27)28)21(16-9-3-1-4-10-16)23-24(22)18-12-5-2-6-13-18/h1-14,19H,15H2. The predicted molar refractivity (Wildman–Crippen MR) is 107 cm³/mol. The van der Waals surface area contributed by atoms with Gasteiger partial charge in [0.1, 0.15) is 0 Å². The van der Waals surface area contributed by atoms with E-state index in [4.69, 9.17) is 0 Å². The average Bonchev–Trinajstić information content (AvgIpc) is 3.06. The average molecular weight is 371 g/mol. The molecule has 0 bridgehead atoms. The van der Waals surface area contributed by atoms with Gasteiger partial charge in [-0.25, -0.2) is 0 Å². The van der Waals surface area contributed by atoms with Crippen LogP contribution in [0.5, 0.6) is 0 Å². The summed E-state index contributed by atoms with van der Waals surface area (Å²) < 4.78 is 0. The highest BCUT2D eigenvalue weighted by Crippen LogP contribution is 2.31. The second kappa shape index (κ2) is 7.44. The highest BCUT2D eigenvalue weighted by molar-refractivity contribution is 6.21. The van der Waals surface area contributed by atoms with E-state index in [-0.39, 0.29) is 18.0 Å². The molecule has 0 fully saturated rings. The summed E-state index contributed by atoms with van der Waals surface area (Å²) in [4.78, 5) is 24.2. The quantitative estimate of drug-likeness (QED) is 0.498. The second-order valence-electron chi connectivity index (χ2n) is 6.48. The van der Waals surface area contributed by atoms with Crippen LogP contribution < -0.4 is 5.01 Å². The van der Waals surface area contributed by atoms with Crippen molar-refractivity contribution in [2.45, 2.75) is 6.42 Å². The minimum absolute atomic E-state index is 0.0147. The van der Waals surface area contributed by atoms with Crippen LogP contribution in [0.25, 0.3) is 0 Å². The van der Waals surface area contributed by atoms with Crippen LogP contribution in [0.1, 0.15) is 11.1 Å². The van der Waals surface area contributed by atoms with E-state index in [1.54, 1.807) is 18.2 Å². The molecule has 1 amide bonds. The van der Waals surface area contributed by atoms with Crippen molar-refractivity contribution in [2.75, 3.05) is 5.01 Å². The summed E-state index contributed by atoms with van der Waals surface area (Å²) in [5.41, 5.74) is 2.65. The van der Waals surface area contributed by atoms with Gasteiger partial charge < -0.3 is 0 Å². The minimum atomic E-state index is -0.594. The van der Waals surface area contributed by atoms with E-state index in [0.717, 1.165) is 5.56 Å². The lowest BCUT2D eigenvalue weighted by Crippen LogP contribution is -2.29. The topological polar surface area (TPSA) is 75.8 Å². The Bertz CT molecular complexity index is 1050. The largest absolute Gasteiger partial charge is 0.272 e. The number of carbonyl (C=O) groups excluding carboxylic acids is 1. The molecule has 0 aromatic heterocycles. The van der Waals surface area contributed by atoms with Crippen molar-refractivity contribution in [3.05, 3.63) is 106 Å². The molecule has 0 saturated carbocycles. The molecule has 1 heterocycles. The van der Waals surface area contributed by atoms with Crippen molar-refractivity contribution < 1.29 is 9.72 Å². The van der Waals surface area contributed by atoms with Crippen molar-refractivity contribution in [3.63, 3.8) is 0 Å². The van der Waals surface area contributed by atoms with Gasteiger partial charge in [0.15, 0.2) is 0 Å². The Morgan fingerprint density at radius 2 is 1.50 bits per heavy atom. The Morgan fingerprint density at radius 3 is 2.18 bits per heavy atom. The fraction of sp³-hybridized carbons (Fsp3) is 0.0909. The molecular formula is C22H17N3O3. The number of nitrogens with zero attached hydrogens (tertiary/aromatic N) is 3. The number of rotatable bonds is 5. The van der Waals surface area contributed by atoms with Gasteiger partial charge in [-0.1, -0.05) is 66.7 Å². The fourth-order valence-electron chi connectivity index (χ4n) is 3.38. The molecule has 3 aromatic carbocycles. The van der Waals surface area contributed by atoms with Gasteiger partial charge in [-0.3, -0.25) is 14.9 Å². The Labute approximate surface area is 161 Å². The summed E-state index contributed by atoms with van der Waals surface area (Å²) in [5, 5.41) is 17.4. The molecule has 1 atom stereocenters. The SMILES string of the molecule is O=C1C(Cc2ccccc2[N+](=O)[O-])C(c2ccccc2)=NN1c1ccccc1. The van der Waals surface area contributed by atoms with Crippen LogP contribution in [0.3, 0.4) is 0 Å². The summed E-state index contributed by atoms with van der Waals surface area (Å²) >= 11 is 0. The summed E-state index contributed by atoms with van der Waals surface area (Å²) in [6.45, 7) is 0. The van der Waals surface area contributed by atoms with Gasteiger partial charge in [-0.2, -0.15) is 10.1 Å². The van der Waals surface area contributed by atoms with Crippen LogP contribution in [-0.2, 0) is 11.2 Å². The van der Waals surface area contributed by atoms with Crippen molar-refractivity contribution in [2.24, 2.45) is 11.0 Å². The Balaban J connectivity index is 1.76. The second-order valence-corrected chi connectivity index (χ2v) is 6.48. The lowest BCUT2D eigenvalue weighted by molar-refractivity contribution is -0.385. The minimum Gasteiger partial charge on any atom is -0.272 e. The first kappa shape index (κ1) is 17.6. The van der Waals surface area contributed by atoms with E-state index in [0.29, 0.717) is 17.0 Å². The van der Waals surface area contributed by atoms with Gasteiger partial charge in [0.2, 0.25) is 0 Å². The summed E-state index contributed by atoms with van der Waals surface area (Å²) in [6, 6.07) is 25.2. The lowest BCUT2D eigenvalue weighted by Gasteiger charge is -2.14. The van der Waals surface area contributed by atoms with E-state index >= 15 is 0 Å². The first-order valence-electron chi connectivity index (χ1n) is 8.90. The first-order chi connectivity index (χ1) is 13.6. The van der Waals surface area contributed by atoms with Crippen LogP contribution in [0.4, 0.5) is 11.4 Å². The number of benzene rings is 3. The molecule has 0 saturated heterocycles. The number of nitro groups is 1. The zero-order valence-corrected chi connectivity index (χ0v) is 14.9. The molecule has 1 unspecified atom stereocenters. The number of amides is 1. The van der Waals surface area contributed by atoms with Crippen molar-refractivity contribution in [1.82, 2.24) is 0 Å². The van der Waals surface area contributed by atoms with Gasteiger partial charge in [-0.15, -0.1) is 0 Å². The normalized spacial score (nSPS) is 16.1. The third-order valence-electron chi connectivity index (χ3n) is 4.73. The Kier molecular flexibility index (Phi) is 4.68. The third-order valence-corrected chi connectivity index (χ3v) is 4.73. The molecule has 6 nitrogen and oxygen atoms in total. The van der Waals surface area contributed by atoms with Crippen LogP contribution in [-0.4, -0.2) is 16.5 Å². The molecule has 28 heavy (non-hydrogen) atoms. The Morgan fingerprint density at radius 1 is 0.893 bits per heavy atom. The van der Waals surface area contributed by atoms with Crippen molar-refractivity contribution >= 4 is 23.0 Å². The first-order valence-corrected chi connectivity index (χ1v) is 8.90. The van der Waals surface area contributed by atoms with Gasteiger partial charge >= 0.3 is 0 Å². The number of carbonyl (C=O) groups is 1. The molecule has 0 aliphatic carbocycles. The highest BCUT2D eigenvalue weighted by Gasteiger charge is 2.38. The third kappa shape index (κ3) is 3.27. The monoisotopic (exact) mass is 371 g/mol. The maximum absolute atomic E-state index is 13.2. The van der Waals surface area contributed by atoms with Crippen molar-refractivity contribution in [3.8, 4) is 0 Å². The predicted octanol–water partition coefficient (Wildman–Crippen LogP) is 4.20. The number of hydrogen-bond donors (Lipinski definition) is 0. The van der Waals surface area contributed by atoms with Crippen LogP contribution in [0, 0.1) is 16.0 Å². The smallest absolute Gasteiger partial charge is 0.272 e. The van der Waals surface area contributed by atoms with E-state index in [1.807, 2.05) is 60.7 Å². The molecule has 0 spiro atoms. The molecule has 1 aliphatic rings. The zero-order chi connectivity index (χ0) is 19.5. The summed E-state index contributed by atoms with van der Waals surface area (Å²) in [6.07, 6.45) is 0.215. The molecular weight excluding hydrogens is 354 g/mol. The molecule has 138 valence electrons. The maximum atomic E-state index is 13.2. The molecule has 0 radical (unpaired) electrons. The van der Waals surface area contributed by atoms with E-state index in [9.17, 15) is 14.9 Å². The zero-order valence-electron chi connectivity index (χ0n) is 14.9. The van der Waals surface area contributed by atoms with Gasteiger partial charge in [0.05, 0.1) is 22.2 Å². The lowest BCUT2D eigenvalue weighted by atomic mass is 9.90. The maximum Gasteiger partial charge on any atom is 0.272 e. The van der Waals surface area contributed by atoms with E-state index in [1.165, 1.54) is 11.1 Å². The van der Waals surface area contributed by atoms with Crippen molar-refractivity contribution in [1.29, 1.82) is 0 Å².